The molecule has 0 aromatic heterocycles. The van der Waals surface area contributed by atoms with E-state index in [2.05, 4.69) is 11.9 Å². The van der Waals surface area contributed by atoms with Crippen molar-refractivity contribution in [3.63, 3.8) is 0 Å². The van der Waals surface area contributed by atoms with Gasteiger partial charge in [-0.1, -0.05) is 0 Å². The molecule has 0 aliphatic carbocycles. The van der Waals surface area contributed by atoms with Crippen molar-refractivity contribution in [3.8, 4) is 0 Å². The highest BCUT2D eigenvalue weighted by atomic mass is 32.2. The third kappa shape index (κ3) is 5.73. The summed E-state index contributed by atoms with van der Waals surface area (Å²) in [5, 5.41) is 8.50. The molecule has 0 unspecified atom stereocenters. The zero-order chi connectivity index (χ0) is 13.5. The number of carboxylic acid groups (broad SMARTS) is 1. The van der Waals surface area contributed by atoms with Gasteiger partial charge in [-0.15, -0.1) is 11.8 Å². The average molecular weight is 274 g/mol. The van der Waals surface area contributed by atoms with E-state index in [1.54, 1.807) is 4.90 Å². The van der Waals surface area contributed by atoms with Crippen molar-refractivity contribution < 1.29 is 14.7 Å². The highest BCUT2D eigenvalue weighted by Gasteiger charge is 2.20. The first-order valence-corrected chi connectivity index (χ1v) is 7.36. The zero-order valence-corrected chi connectivity index (χ0v) is 11.9. The number of aliphatic carboxylic acids is 1. The third-order valence-corrected chi connectivity index (χ3v) is 4.15. The Balaban J connectivity index is 2.20. The number of hydrogen-bond donors (Lipinski definition) is 1. The number of rotatable bonds is 6. The van der Waals surface area contributed by atoms with Gasteiger partial charge in [0, 0.05) is 13.6 Å². The van der Waals surface area contributed by atoms with Crippen LogP contribution in [0.4, 0.5) is 0 Å². The van der Waals surface area contributed by atoms with Crippen LogP contribution in [0.2, 0.25) is 0 Å². The molecule has 18 heavy (non-hydrogen) atoms. The summed E-state index contributed by atoms with van der Waals surface area (Å²) in [6.45, 7) is 2.99. The van der Waals surface area contributed by atoms with Crippen molar-refractivity contribution in [3.05, 3.63) is 0 Å². The van der Waals surface area contributed by atoms with Crippen LogP contribution in [0.5, 0.6) is 0 Å². The molecule has 1 N–H and O–H groups in total. The van der Waals surface area contributed by atoms with Gasteiger partial charge in [0.1, 0.15) is 0 Å². The van der Waals surface area contributed by atoms with E-state index < -0.39 is 5.97 Å². The summed E-state index contributed by atoms with van der Waals surface area (Å²) in [6, 6.07) is 0. The van der Waals surface area contributed by atoms with E-state index in [-0.39, 0.29) is 17.4 Å². The van der Waals surface area contributed by atoms with Crippen LogP contribution in [-0.4, -0.2) is 72.0 Å². The Bertz CT molecular complexity index is 291. The molecule has 1 saturated heterocycles. The fourth-order valence-electron chi connectivity index (χ4n) is 2.07. The maximum atomic E-state index is 11.8. The first kappa shape index (κ1) is 15.3. The molecule has 0 aromatic rings. The largest absolute Gasteiger partial charge is 0.481 e. The minimum Gasteiger partial charge on any atom is -0.481 e. The number of carboxylic acids is 1. The number of piperidine rings is 1. The molecule has 1 heterocycles. The van der Waals surface area contributed by atoms with Crippen molar-refractivity contribution in [2.24, 2.45) is 5.92 Å². The predicted molar refractivity (Wildman–Crippen MR) is 72.8 cm³/mol. The van der Waals surface area contributed by atoms with E-state index >= 15 is 0 Å². The van der Waals surface area contributed by atoms with Gasteiger partial charge in [0.2, 0.25) is 5.91 Å². The summed E-state index contributed by atoms with van der Waals surface area (Å²) >= 11 is 1.16. The quantitative estimate of drug-likeness (QED) is 0.769. The van der Waals surface area contributed by atoms with Crippen molar-refractivity contribution in [2.75, 3.05) is 45.2 Å². The van der Waals surface area contributed by atoms with E-state index in [1.165, 1.54) is 0 Å². The summed E-state index contributed by atoms with van der Waals surface area (Å²) in [4.78, 5) is 26.2. The number of likely N-dealkylation sites (tertiary alicyclic amines) is 1. The normalized spacial score (nSPS) is 17.7. The fraction of sp³-hybridized carbons (Fsp3) is 0.833. The average Bonchev–Trinajstić information content (AvgIpc) is 2.31. The van der Waals surface area contributed by atoms with Crippen LogP contribution in [0.25, 0.3) is 0 Å². The lowest BCUT2D eigenvalue weighted by molar-refractivity contribution is -0.133. The molecule has 1 rings (SSSR count). The summed E-state index contributed by atoms with van der Waals surface area (Å²) in [5.41, 5.74) is 0. The fourth-order valence-corrected chi connectivity index (χ4v) is 2.74. The lowest BCUT2D eigenvalue weighted by Crippen LogP contribution is -2.38. The number of nitrogens with zero attached hydrogens (tertiary/aromatic N) is 2. The Morgan fingerprint density at radius 3 is 2.50 bits per heavy atom. The van der Waals surface area contributed by atoms with E-state index in [4.69, 9.17) is 5.11 Å². The Morgan fingerprint density at radius 2 is 1.94 bits per heavy atom. The minimum atomic E-state index is -0.870. The van der Waals surface area contributed by atoms with Crippen molar-refractivity contribution in [2.45, 2.75) is 12.8 Å². The molecule has 1 amide bonds. The van der Waals surface area contributed by atoms with E-state index in [0.29, 0.717) is 5.92 Å². The van der Waals surface area contributed by atoms with Crippen LogP contribution < -0.4 is 0 Å². The van der Waals surface area contributed by atoms with Gasteiger partial charge in [0.15, 0.2) is 0 Å². The first-order chi connectivity index (χ1) is 8.49. The maximum Gasteiger partial charge on any atom is 0.313 e. The van der Waals surface area contributed by atoms with Crippen LogP contribution >= 0.6 is 11.8 Å². The highest BCUT2D eigenvalue weighted by Crippen LogP contribution is 2.17. The number of hydrogen-bond acceptors (Lipinski definition) is 4. The van der Waals surface area contributed by atoms with Crippen molar-refractivity contribution in [1.29, 1.82) is 0 Å². The van der Waals surface area contributed by atoms with Gasteiger partial charge in [0.05, 0.1) is 11.5 Å². The number of carbonyl (C=O) groups is 2. The van der Waals surface area contributed by atoms with Gasteiger partial charge in [-0.3, -0.25) is 9.59 Å². The topological polar surface area (TPSA) is 60.9 Å². The van der Waals surface area contributed by atoms with E-state index in [1.807, 2.05) is 7.05 Å². The molecule has 6 heteroatoms. The molecule has 0 atom stereocenters. The second kappa shape index (κ2) is 7.63. The molecule has 1 fully saturated rings. The van der Waals surface area contributed by atoms with Crippen molar-refractivity contribution >= 4 is 23.6 Å². The summed E-state index contributed by atoms with van der Waals surface area (Å²) < 4.78 is 0. The van der Waals surface area contributed by atoms with Gasteiger partial charge < -0.3 is 14.9 Å². The molecule has 1 aliphatic heterocycles. The Hall–Kier alpha value is -0.750. The first-order valence-electron chi connectivity index (χ1n) is 6.21. The van der Waals surface area contributed by atoms with Gasteiger partial charge in [-0.2, -0.15) is 0 Å². The molecule has 1 aliphatic rings. The molecule has 0 saturated carbocycles. The SMILES string of the molecule is CN1CCC(CN(C)C(=O)CSCC(=O)O)CC1. The second-order valence-corrected chi connectivity index (χ2v) is 5.89. The van der Waals surface area contributed by atoms with Crippen LogP contribution in [0.1, 0.15) is 12.8 Å². The van der Waals surface area contributed by atoms with Gasteiger partial charge in [0.25, 0.3) is 0 Å². The lowest BCUT2D eigenvalue weighted by atomic mass is 9.97. The van der Waals surface area contributed by atoms with Gasteiger partial charge in [-0.05, 0) is 38.9 Å². The Morgan fingerprint density at radius 1 is 1.33 bits per heavy atom. The Labute approximate surface area is 113 Å². The van der Waals surface area contributed by atoms with Crippen LogP contribution in [0.15, 0.2) is 0 Å². The van der Waals surface area contributed by atoms with E-state index in [0.717, 1.165) is 44.2 Å². The molecular formula is C12H22N2O3S. The van der Waals surface area contributed by atoms with Crippen LogP contribution in [-0.2, 0) is 9.59 Å². The smallest absolute Gasteiger partial charge is 0.313 e. The number of carbonyl (C=O) groups excluding carboxylic acids is 1. The minimum absolute atomic E-state index is 0.00615. The number of thioether (sulfide) groups is 1. The summed E-state index contributed by atoms with van der Waals surface area (Å²) in [5.74, 6) is -0.00553. The lowest BCUT2D eigenvalue weighted by Gasteiger charge is -2.31. The zero-order valence-electron chi connectivity index (χ0n) is 11.1. The van der Waals surface area contributed by atoms with Gasteiger partial charge in [-0.25, -0.2) is 0 Å². The summed E-state index contributed by atoms with van der Waals surface area (Å²) in [6.07, 6.45) is 2.27. The van der Waals surface area contributed by atoms with Crippen LogP contribution in [0.3, 0.4) is 0 Å². The van der Waals surface area contributed by atoms with Crippen LogP contribution in [0, 0.1) is 5.92 Å². The summed E-state index contributed by atoms with van der Waals surface area (Å²) in [7, 11) is 3.93. The molecule has 0 bridgehead atoms. The van der Waals surface area contributed by atoms with E-state index in [9.17, 15) is 9.59 Å². The van der Waals surface area contributed by atoms with Gasteiger partial charge >= 0.3 is 5.97 Å². The highest BCUT2D eigenvalue weighted by molar-refractivity contribution is 8.00. The predicted octanol–water partition coefficient (Wildman–Crippen LogP) is 0.604. The second-order valence-electron chi connectivity index (χ2n) is 4.91. The molecular weight excluding hydrogens is 252 g/mol. The molecule has 0 radical (unpaired) electrons. The molecule has 5 nitrogen and oxygen atoms in total. The molecule has 0 spiro atoms. The molecule has 104 valence electrons. The Kier molecular flexibility index (Phi) is 6.49. The third-order valence-electron chi connectivity index (χ3n) is 3.25. The maximum absolute atomic E-state index is 11.8. The standard InChI is InChI=1S/C12H22N2O3S/c1-13-5-3-10(4-6-13)7-14(2)11(15)8-18-9-12(16)17/h10H,3-9H2,1-2H3,(H,16,17). The number of amides is 1. The molecule has 0 aromatic carbocycles. The monoisotopic (exact) mass is 274 g/mol. The van der Waals surface area contributed by atoms with Crippen molar-refractivity contribution in [1.82, 2.24) is 9.80 Å².